The molecule has 0 spiro atoms. The second-order valence-corrected chi connectivity index (χ2v) is 6.84. The highest BCUT2D eigenvalue weighted by molar-refractivity contribution is 7.98. The number of aliphatic hydroxyl groups is 2. The summed E-state index contributed by atoms with van der Waals surface area (Å²) in [5.41, 5.74) is 0.116. The molecule has 2 atom stereocenters. The van der Waals surface area contributed by atoms with Crippen molar-refractivity contribution in [1.82, 2.24) is 5.32 Å². The molecule has 0 saturated carbocycles. The first kappa shape index (κ1) is 21.7. The summed E-state index contributed by atoms with van der Waals surface area (Å²) >= 11 is 1.29. The standard InChI is InChI=1S/C19H22N2O6S/c1-27-17-10-15(21(25)26)14(9-18(17)28-2)19(24)20-13(11-22)8-16(23)12-6-4-3-5-7-12/h3-7,9-10,13,16,22-23H,8,11H2,1-2H3,(H,20,24)/t13-,16-/m0/s1. The van der Waals surface area contributed by atoms with Crippen LogP contribution >= 0.6 is 11.8 Å². The zero-order chi connectivity index (χ0) is 20.7. The minimum atomic E-state index is -0.897. The molecule has 2 aromatic rings. The van der Waals surface area contributed by atoms with E-state index in [2.05, 4.69) is 5.32 Å². The molecule has 0 aliphatic carbocycles. The summed E-state index contributed by atoms with van der Waals surface area (Å²) in [5, 5.41) is 33.9. The summed E-state index contributed by atoms with van der Waals surface area (Å²) in [6.45, 7) is -0.422. The Bertz CT molecular complexity index is 831. The third-order valence-corrected chi connectivity index (χ3v) is 4.95. The van der Waals surface area contributed by atoms with Crippen LogP contribution in [0.3, 0.4) is 0 Å². The zero-order valence-corrected chi connectivity index (χ0v) is 16.3. The Kier molecular flexibility index (Phi) is 7.80. The highest BCUT2D eigenvalue weighted by Crippen LogP contribution is 2.34. The van der Waals surface area contributed by atoms with Crippen molar-refractivity contribution in [1.29, 1.82) is 0 Å². The van der Waals surface area contributed by atoms with E-state index in [1.807, 2.05) is 6.07 Å². The molecule has 0 unspecified atom stereocenters. The number of carbonyl (C=O) groups is 1. The van der Waals surface area contributed by atoms with E-state index in [1.165, 1.54) is 31.0 Å². The molecule has 0 bridgehead atoms. The van der Waals surface area contributed by atoms with E-state index < -0.39 is 35.3 Å². The first-order chi connectivity index (χ1) is 13.4. The number of benzene rings is 2. The van der Waals surface area contributed by atoms with Crippen molar-refractivity contribution in [3.05, 3.63) is 63.7 Å². The molecular formula is C19H22N2O6S. The summed E-state index contributed by atoms with van der Waals surface area (Å²) in [5.74, 6) is -0.405. The van der Waals surface area contributed by atoms with Crippen molar-refractivity contribution in [2.75, 3.05) is 20.0 Å². The number of nitro benzene ring substituents is 1. The van der Waals surface area contributed by atoms with Crippen LogP contribution in [-0.4, -0.2) is 47.1 Å². The van der Waals surface area contributed by atoms with E-state index in [1.54, 1.807) is 30.5 Å². The number of hydrogen-bond donors (Lipinski definition) is 3. The van der Waals surface area contributed by atoms with Crippen molar-refractivity contribution in [3.8, 4) is 5.75 Å². The number of carbonyl (C=O) groups excluding carboxylic acids is 1. The molecule has 0 aliphatic rings. The smallest absolute Gasteiger partial charge is 0.285 e. The monoisotopic (exact) mass is 406 g/mol. The largest absolute Gasteiger partial charge is 0.495 e. The van der Waals surface area contributed by atoms with E-state index >= 15 is 0 Å². The van der Waals surface area contributed by atoms with Gasteiger partial charge in [-0.2, -0.15) is 0 Å². The molecule has 0 fully saturated rings. The molecule has 8 nitrogen and oxygen atoms in total. The van der Waals surface area contributed by atoms with Gasteiger partial charge < -0.3 is 20.3 Å². The Morgan fingerprint density at radius 1 is 1.32 bits per heavy atom. The SMILES string of the molecule is COc1cc([N+](=O)[O-])c(C(=O)N[C@H](CO)C[C@H](O)c2ccccc2)cc1SC. The fraction of sp³-hybridized carbons (Fsp3) is 0.316. The maximum Gasteiger partial charge on any atom is 0.285 e. The Balaban J connectivity index is 2.23. The number of aliphatic hydroxyl groups excluding tert-OH is 2. The molecule has 3 N–H and O–H groups in total. The van der Waals surface area contributed by atoms with E-state index in [-0.39, 0.29) is 12.0 Å². The Morgan fingerprint density at radius 3 is 2.54 bits per heavy atom. The molecule has 28 heavy (non-hydrogen) atoms. The van der Waals surface area contributed by atoms with Crippen LogP contribution in [0.25, 0.3) is 0 Å². The first-order valence-electron chi connectivity index (χ1n) is 8.46. The van der Waals surface area contributed by atoms with Gasteiger partial charge in [0.25, 0.3) is 11.6 Å². The van der Waals surface area contributed by atoms with Gasteiger partial charge in [0.1, 0.15) is 11.3 Å². The van der Waals surface area contributed by atoms with Crippen molar-refractivity contribution in [2.45, 2.75) is 23.5 Å². The zero-order valence-electron chi connectivity index (χ0n) is 15.5. The Morgan fingerprint density at radius 2 is 2.00 bits per heavy atom. The quantitative estimate of drug-likeness (QED) is 0.332. The molecule has 0 radical (unpaired) electrons. The molecule has 2 aromatic carbocycles. The van der Waals surface area contributed by atoms with Crippen LogP contribution in [-0.2, 0) is 0 Å². The molecule has 0 aliphatic heterocycles. The van der Waals surface area contributed by atoms with Gasteiger partial charge in [0, 0.05) is 0 Å². The van der Waals surface area contributed by atoms with Crippen molar-refractivity contribution in [3.63, 3.8) is 0 Å². The van der Waals surface area contributed by atoms with Gasteiger partial charge in [-0.05, 0) is 24.3 Å². The summed E-state index contributed by atoms with van der Waals surface area (Å²) < 4.78 is 5.14. The van der Waals surface area contributed by atoms with E-state index in [0.29, 0.717) is 16.2 Å². The number of nitro groups is 1. The average molecular weight is 406 g/mol. The van der Waals surface area contributed by atoms with Crippen LogP contribution in [0, 0.1) is 10.1 Å². The number of nitrogens with zero attached hydrogens (tertiary/aromatic N) is 1. The summed E-state index contributed by atoms with van der Waals surface area (Å²) in [4.78, 5) is 24.0. The molecule has 0 saturated heterocycles. The van der Waals surface area contributed by atoms with Gasteiger partial charge in [-0.3, -0.25) is 14.9 Å². The lowest BCUT2D eigenvalue weighted by atomic mass is 10.0. The van der Waals surface area contributed by atoms with Gasteiger partial charge >= 0.3 is 0 Å². The topological polar surface area (TPSA) is 122 Å². The number of thioether (sulfide) groups is 1. The lowest BCUT2D eigenvalue weighted by molar-refractivity contribution is -0.385. The second kappa shape index (κ2) is 10.1. The van der Waals surface area contributed by atoms with E-state index in [9.17, 15) is 25.1 Å². The molecular weight excluding hydrogens is 384 g/mol. The lowest BCUT2D eigenvalue weighted by Gasteiger charge is -2.20. The Labute approximate surface area is 166 Å². The van der Waals surface area contributed by atoms with Crippen LogP contribution in [0.5, 0.6) is 5.75 Å². The normalized spacial score (nSPS) is 12.9. The maximum atomic E-state index is 12.7. The second-order valence-electron chi connectivity index (χ2n) is 6.00. The van der Waals surface area contributed by atoms with E-state index in [0.717, 1.165) is 0 Å². The van der Waals surface area contributed by atoms with Crippen molar-refractivity contribution < 1.29 is 24.7 Å². The number of ether oxygens (including phenoxy) is 1. The highest BCUT2D eigenvalue weighted by Gasteiger charge is 2.26. The number of rotatable bonds is 9. The molecule has 0 aromatic heterocycles. The number of hydrogen-bond acceptors (Lipinski definition) is 7. The van der Waals surface area contributed by atoms with E-state index in [4.69, 9.17) is 4.74 Å². The molecule has 0 heterocycles. The average Bonchev–Trinajstić information content (AvgIpc) is 2.72. The van der Waals surface area contributed by atoms with Gasteiger partial charge in [0.2, 0.25) is 0 Å². The third kappa shape index (κ3) is 5.22. The highest BCUT2D eigenvalue weighted by atomic mass is 32.2. The third-order valence-electron chi connectivity index (χ3n) is 4.19. The number of amides is 1. The van der Waals surface area contributed by atoms with Crippen molar-refractivity contribution >= 4 is 23.4 Å². The van der Waals surface area contributed by atoms with Gasteiger partial charge in [0.15, 0.2) is 0 Å². The maximum absolute atomic E-state index is 12.7. The van der Waals surface area contributed by atoms with Crippen molar-refractivity contribution in [2.24, 2.45) is 0 Å². The molecule has 2 rings (SSSR count). The molecule has 150 valence electrons. The molecule has 9 heteroatoms. The summed E-state index contributed by atoms with van der Waals surface area (Å²) in [7, 11) is 1.39. The van der Waals surface area contributed by atoms with Crippen LogP contribution in [0.1, 0.15) is 28.4 Å². The minimum absolute atomic E-state index is 0.0611. The van der Waals surface area contributed by atoms with Crippen LogP contribution in [0.2, 0.25) is 0 Å². The fourth-order valence-corrected chi connectivity index (χ4v) is 3.30. The predicted octanol–water partition coefficient (Wildman–Crippen LogP) is 2.54. The van der Waals surface area contributed by atoms with Crippen LogP contribution in [0.15, 0.2) is 47.4 Å². The minimum Gasteiger partial charge on any atom is -0.495 e. The van der Waals surface area contributed by atoms with Gasteiger partial charge in [-0.1, -0.05) is 30.3 Å². The summed E-state index contributed by atoms with van der Waals surface area (Å²) in [6, 6.07) is 10.6. The van der Waals surface area contributed by atoms with Crippen LogP contribution in [0.4, 0.5) is 5.69 Å². The van der Waals surface area contributed by atoms with Crippen LogP contribution < -0.4 is 10.1 Å². The molecule has 1 amide bonds. The number of methoxy groups -OCH3 is 1. The lowest BCUT2D eigenvalue weighted by Crippen LogP contribution is -2.39. The first-order valence-corrected chi connectivity index (χ1v) is 9.68. The fourth-order valence-electron chi connectivity index (χ4n) is 2.72. The Hall–Kier alpha value is -2.62. The number of nitrogens with one attached hydrogen (secondary N) is 1. The van der Waals surface area contributed by atoms with Gasteiger partial charge in [-0.25, -0.2) is 0 Å². The van der Waals surface area contributed by atoms with Gasteiger partial charge in [0.05, 0.1) is 41.7 Å². The predicted molar refractivity (Wildman–Crippen MR) is 106 cm³/mol. The van der Waals surface area contributed by atoms with Gasteiger partial charge in [-0.15, -0.1) is 11.8 Å². The summed E-state index contributed by atoms with van der Waals surface area (Å²) in [6.07, 6.45) is 0.926.